The first-order chi connectivity index (χ1) is 7.69. The summed E-state index contributed by atoms with van der Waals surface area (Å²) in [6.07, 6.45) is 4.76. The monoisotopic (exact) mass is 217 g/mol. The molecule has 0 saturated heterocycles. The second-order valence-electron chi connectivity index (χ2n) is 3.75. The van der Waals surface area contributed by atoms with Gasteiger partial charge in [-0.05, 0) is 13.3 Å². The molecule has 0 saturated carbocycles. The van der Waals surface area contributed by atoms with Crippen molar-refractivity contribution in [1.29, 1.82) is 0 Å². The first-order valence-corrected chi connectivity index (χ1v) is 5.33. The van der Waals surface area contributed by atoms with Crippen molar-refractivity contribution < 1.29 is 0 Å². The van der Waals surface area contributed by atoms with E-state index in [0.717, 1.165) is 24.2 Å². The molecule has 2 aromatic rings. The number of anilines is 1. The van der Waals surface area contributed by atoms with E-state index in [1.54, 1.807) is 12.3 Å². The summed E-state index contributed by atoms with van der Waals surface area (Å²) in [4.78, 5) is 8.52. The maximum absolute atomic E-state index is 5.68. The number of hydrogen-bond acceptors (Lipinski definition) is 4. The van der Waals surface area contributed by atoms with Crippen LogP contribution >= 0.6 is 0 Å². The fraction of sp³-hybridized carbons (Fsp3) is 0.364. The molecule has 2 aromatic heterocycles. The van der Waals surface area contributed by atoms with Crippen LogP contribution in [0.5, 0.6) is 0 Å². The van der Waals surface area contributed by atoms with Crippen LogP contribution in [0.2, 0.25) is 0 Å². The number of hydrogen-bond donors (Lipinski definition) is 1. The van der Waals surface area contributed by atoms with Crippen LogP contribution in [0.15, 0.2) is 18.5 Å². The molecule has 0 amide bonds. The Morgan fingerprint density at radius 1 is 1.38 bits per heavy atom. The Hall–Kier alpha value is -1.91. The van der Waals surface area contributed by atoms with Gasteiger partial charge in [0.2, 0.25) is 0 Å². The Morgan fingerprint density at radius 3 is 2.88 bits per heavy atom. The number of nitrogen functional groups attached to an aromatic ring is 1. The molecule has 0 aliphatic rings. The lowest BCUT2D eigenvalue weighted by molar-refractivity contribution is 0.603. The number of aromatic nitrogens is 4. The molecule has 0 aliphatic carbocycles. The summed E-state index contributed by atoms with van der Waals surface area (Å²) in [5, 5.41) is 4.24. The van der Waals surface area contributed by atoms with Crippen LogP contribution in [-0.2, 0) is 6.54 Å². The van der Waals surface area contributed by atoms with E-state index in [0.29, 0.717) is 11.6 Å². The van der Waals surface area contributed by atoms with Crippen LogP contribution in [0.25, 0.3) is 11.4 Å². The number of nitrogens with zero attached hydrogens (tertiary/aromatic N) is 4. The van der Waals surface area contributed by atoms with E-state index in [-0.39, 0.29) is 0 Å². The van der Waals surface area contributed by atoms with Crippen molar-refractivity contribution in [1.82, 2.24) is 19.7 Å². The third-order valence-corrected chi connectivity index (χ3v) is 2.22. The van der Waals surface area contributed by atoms with Gasteiger partial charge in [0, 0.05) is 24.5 Å². The molecule has 0 radical (unpaired) electrons. The Kier molecular flexibility index (Phi) is 2.85. The maximum Gasteiger partial charge on any atom is 0.164 e. The summed E-state index contributed by atoms with van der Waals surface area (Å²) in [7, 11) is 0. The van der Waals surface area contributed by atoms with Gasteiger partial charge < -0.3 is 5.73 Å². The molecule has 0 spiro atoms. The molecule has 84 valence electrons. The second kappa shape index (κ2) is 4.30. The predicted octanol–water partition coefficient (Wildman–Crippen LogP) is 1.64. The first-order valence-electron chi connectivity index (χ1n) is 5.33. The summed E-state index contributed by atoms with van der Waals surface area (Å²) in [6, 6.07) is 1.75. The van der Waals surface area contributed by atoms with Crippen LogP contribution in [0, 0.1) is 6.92 Å². The van der Waals surface area contributed by atoms with Crippen molar-refractivity contribution in [2.45, 2.75) is 26.8 Å². The molecule has 0 unspecified atom stereocenters. The zero-order valence-corrected chi connectivity index (χ0v) is 9.51. The Labute approximate surface area is 94.3 Å². The van der Waals surface area contributed by atoms with Crippen LogP contribution < -0.4 is 5.73 Å². The quantitative estimate of drug-likeness (QED) is 0.848. The van der Waals surface area contributed by atoms with Gasteiger partial charge in [0.25, 0.3) is 0 Å². The van der Waals surface area contributed by atoms with Gasteiger partial charge in [-0.3, -0.25) is 4.68 Å². The average molecular weight is 217 g/mol. The highest BCUT2D eigenvalue weighted by Crippen LogP contribution is 2.15. The van der Waals surface area contributed by atoms with Crippen LogP contribution in [0.4, 0.5) is 5.82 Å². The van der Waals surface area contributed by atoms with Crippen molar-refractivity contribution in [3.8, 4) is 11.4 Å². The van der Waals surface area contributed by atoms with E-state index in [4.69, 9.17) is 5.73 Å². The lowest BCUT2D eigenvalue weighted by Gasteiger charge is -2.00. The Bertz CT molecular complexity index is 469. The molecular weight excluding hydrogens is 202 g/mol. The topological polar surface area (TPSA) is 69.6 Å². The van der Waals surface area contributed by atoms with Gasteiger partial charge in [-0.25, -0.2) is 9.97 Å². The average Bonchev–Trinajstić information content (AvgIpc) is 2.65. The summed E-state index contributed by atoms with van der Waals surface area (Å²) < 4.78 is 1.89. The van der Waals surface area contributed by atoms with Crippen molar-refractivity contribution in [3.63, 3.8) is 0 Å². The molecule has 0 aliphatic heterocycles. The summed E-state index contributed by atoms with van der Waals surface area (Å²) >= 11 is 0. The van der Waals surface area contributed by atoms with Gasteiger partial charge in [-0.1, -0.05) is 6.92 Å². The highest BCUT2D eigenvalue weighted by Gasteiger charge is 2.06. The highest BCUT2D eigenvalue weighted by atomic mass is 15.3. The lowest BCUT2D eigenvalue weighted by atomic mass is 10.3. The molecular formula is C11H15N5. The molecule has 0 atom stereocenters. The molecule has 2 rings (SSSR count). The van der Waals surface area contributed by atoms with Gasteiger partial charge in [0.1, 0.15) is 5.82 Å². The van der Waals surface area contributed by atoms with Crippen LogP contribution in [0.1, 0.15) is 19.0 Å². The zero-order valence-electron chi connectivity index (χ0n) is 9.51. The van der Waals surface area contributed by atoms with Crippen molar-refractivity contribution >= 4 is 5.82 Å². The smallest absolute Gasteiger partial charge is 0.164 e. The SMILES string of the molecule is CCCn1cc(-c2nc(C)cc(N)n2)cn1. The minimum atomic E-state index is 0.491. The summed E-state index contributed by atoms with van der Waals surface area (Å²) in [5.41, 5.74) is 7.46. The third kappa shape index (κ3) is 2.18. The zero-order chi connectivity index (χ0) is 11.5. The fourth-order valence-electron chi connectivity index (χ4n) is 1.55. The van der Waals surface area contributed by atoms with Crippen molar-refractivity contribution in [2.75, 3.05) is 5.73 Å². The first kappa shape index (κ1) is 10.6. The van der Waals surface area contributed by atoms with E-state index in [1.165, 1.54) is 0 Å². The Morgan fingerprint density at radius 2 is 2.19 bits per heavy atom. The largest absolute Gasteiger partial charge is 0.384 e. The summed E-state index contributed by atoms with van der Waals surface area (Å²) in [6.45, 7) is 4.92. The molecule has 5 nitrogen and oxygen atoms in total. The standard InChI is InChI=1S/C11H15N5/c1-3-4-16-7-9(6-13-16)11-14-8(2)5-10(12)15-11/h5-7H,3-4H2,1-2H3,(H2,12,14,15). The highest BCUT2D eigenvalue weighted by molar-refractivity contribution is 5.54. The lowest BCUT2D eigenvalue weighted by Crippen LogP contribution is -1.97. The predicted molar refractivity (Wildman–Crippen MR) is 62.7 cm³/mol. The minimum absolute atomic E-state index is 0.491. The van der Waals surface area contributed by atoms with Gasteiger partial charge in [-0.15, -0.1) is 0 Å². The van der Waals surface area contributed by atoms with Crippen molar-refractivity contribution in [2.24, 2.45) is 0 Å². The van der Waals surface area contributed by atoms with Crippen LogP contribution in [0.3, 0.4) is 0 Å². The van der Waals surface area contributed by atoms with E-state index in [2.05, 4.69) is 22.0 Å². The molecule has 2 heterocycles. The van der Waals surface area contributed by atoms with Crippen LogP contribution in [-0.4, -0.2) is 19.7 Å². The van der Waals surface area contributed by atoms with Gasteiger partial charge >= 0.3 is 0 Å². The second-order valence-corrected chi connectivity index (χ2v) is 3.75. The van der Waals surface area contributed by atoms with Gasteiger partial charge in [-0.2, -0.15) is 5.10 Å². The maximum atomic E-state index is 5.68. The molecule has 0 aromatic carbocycles. The van der Waals surface area contributed by atoms with E-state index < -0.39 is 0 Å². The van der Waals surface area contributed by atoms with E-state index >= 15 is 0 Å². The Balaban J connectivity index is 2.34. The minimum Gasteiger partial charge on any atom is -0.384 e. The van der Waals surface area contributed by atoms with Gasteiger partial charge in [0.15, 0.2) is 5.82 Å². The number of rotatable bonds is 3. The third-order valence-electron chi connectivity index (χ3n) is 2.22. The molecule has 16 heavy (non-hydrogen) atoms. The fourth-order valence-corrected chi connectivity index (χ4v) is 1.55. The molecule has 0 bridgehead atoms. The number of aryl methyl sites for hydroxylation is 2. The molecule has 2 N–H and O–H groups in total. The molecule has 0 fully saturated rings. The normalized spacial score (nSPS) is 10.6. The van der Waals surface area contributed by atoms with E-state index in [9.17, 15) is 0 Å². The summed E-state index contributed by atoms with van der Waals surface area (Å²) in [5.74, 6) is 1.13. The molecule has 5 heteroatoms. The number of nitrogens with two attached hydrogens (primary N) is 1. The van der Waals surface area contributed by atoms with Crippen molar-refractivity contribution in [3.05, 3.63) is 24.2 Å². The van der Waals surface area contributed by atoms with E-state index in [1.807, 2.05) is 17.8 Å². The van der Waals surface area contributed by atoms with Gasteiger partial charge in [0.05, 0.1) is 11.8 Å².